The number of aromatic nitrogens is 2. The number of imidazole rings is 1. The van der Waals surface area contributed by atoms with Gasteiger partial charge in [-0.15, -0.1) is 0 Å². The van der Waals surface area contributed by atoms with E-state index in [9.17, 15) is 18.0 Å². The van der Waals surface area contributed by atoms with Crippen molar-refractivity contribution in [3.8, 4) is 0 Å². The summed E-state index contributed by atoms with van der Waals surface area (Å²) < 4.78 is 39.6. The normalized spacial score (nSPS) is 11.7. The molecule has 8 heteroatoms. The number of nitrogens with one attached hydrogen (secondary N) is 1. The Balaban J connectivity index is 1.44. The van der Waals surface area contributed by atoms with E-state index in [0.717, 1.165) is 30.7 Å². The average Bonchev–Trinajstić information content (AvgIpc) is 3.04. The van der Waals surface area contributed by atoms with Crippen molar-refractivity contribution in [3.05, 3.63) is 70.6 Å². The van der Waals surface area contributed by atoms with E-state index in [1.807, 2.05) is 24.3 Å². The molecule has 148 valence electrons. The maximum absolute atomic E-state index is 12.8. The number of rotatable bonds is 7. The first kappa shape index (κ1) is 20.2. The SMILES string of the molecule is O=C(CCCc1ccc(Cl)cc1)NCCc1cn2cc(C(F)(F)F)ccc2n1. The van der Waals surface area contributed by atoms with Gasteiger partial charge in [0.25, 0.3) is 0 Å². The number of amides is 1. The lowest BCUT2D eigenvalue weighted by Crippen LogP contribution is -2.25. The van der Waals surface area contributed by atoms with Gasteiger partial charge in [-0.2, -0.15) is 13.2 Å². The first-order valence-electron chi connectivity index (χ1n) is 8.87. The third-order valence-corrected chi connectivity index (χ3v) is 4.57. The molecule has 0 bridgehead atoms. The number of aryl methyl sites for hydroxylation is 1. The molecule has 0 saturated heterocycles. The number of halogens is 4. The summed E-state index contributed by atoms with van der Waals surface area (Å²) in [5.41, 5.74) is 1.47. The number of fused-ring (bicyclic) bond motifs is 1. The van der Waals surface area contributed by atoms with Crippen LogP contribution in [-0.2, 0) is 23.8 Å². The zero-order chi connectivity index (χ0) is 20.1. The number of carbonyl (C=O) groups excluding carboxylic acids is 1. The smallest absolute Gasteiger partial charge is 0.356 e. The fourth-order valence-electron chi connectivity index (χ4n) is 2.86. The second-order valence-corrected chi connectivity index (χ2v) is 6.93. The standard InChI is InChI=1S/C20H19ClF3N3O/c21-16-7-4-14(5-8-16)2-1-3-19(28)25-11-10-17-13-27-12-15(20(22,23)24)6-9-18(27)26-17/h4-9,12-13H,1-3,10-11H2,(H,25,28). The van der Waals surface area contributed by atoms with Crippen molar-refractivity contribution in [1.82, 2.24) is 14.7 Å². The molecule has 0 radical (unpaired) electrons. The molecule has 1 aromatic carbocycles. The molecule has 2 heterocycles. The number of pyridine rings is 1. The molecule has 0 aliphatic heterocycles. The molecule has 0 atom stereocenters. The topological polar surface area (TPSA) is 46.4 Å². The van der Waals surface area contributed by atoms with Crippen LogP contribution in [0.15, 0.2) is 48.8 Å². The predicted octanol–water partition coefficient (Wildman–Crippen LogP) is 4.69. The zero-order valence-corrected chi connectivity index (χ0v) is 15.7. The van der Waals surface area contributed by atoms with Crippen LogP contribution in [0.25, 0.3) is 5.65 Å². The van der Waals surface area contributed by atoms with Gasteiger partial charge in [0, 0.05) is 36.8 Å². The maximum Gasteiger partial charge on any atom is 0.417 e. The fraction of sp³-hybridized carbons (Fsp3) is 0.300. The molecule has 0 aliphatic rings. The van der Waals surface area contributed by atoms with Gasteiger partial charge in [0.15, 0.2) is 0 Å². The molecule has 28 heavy (non-hydrogen) atoms. The summed E-state index contributed by atoms with van der Waals surface area (Å²) in [5.74, 6) is -0.0583. The van der Waals surface area contributed by atoms with E-state index in [-0.39, 0.29) is 5.91 Å². The van der Waals surface area contributed by atoms with Crippen LogP contribution in [0.3, 0.4) is 0 Å². The summed E-state index contributed by atoms with van der Waals surface area (Å²) in [6.07, 6.45) is 0.548. The Morgan fingerprint density at radius 3 is 2.54 bits per heavy atom. The molecule has 4 nitrogen and oxygen atoms in total. The Kier molecular flexibility index (Phi) is 6.24. The summed E-state index contributed by atoms with van der Waals surface area (Å²) >= 11 is 5.84. The van der Waals surface area contributed by atoms with E-state index in [1.165, 1.54) is 10.5 Å². The molecular formula is C20H19ClF3N3O. The molecule has 0 saturated carbocycles. The van der Waals surface area contributed by atoms with Crippen LogP contribution >= 0.6 is 11.6 Å². The second-order valence-electron chi connectivity index (χ2n) is 6.49. The quantitative estimate of drug-likeness (QED) is 0.615. The number of alkyl halides is 3. The first-order valence-corrected chi connectivity index (χ1v) is 9.25. The van der Waals surface area contributed by atoms with Gasteiger partial charge < -0.3 is 9.72 Å². The Bertz CT molecular complexity index is 951. The monoisotopic (exact) mass is 409 g/mol. The second kappa shape index (κ2) is 8.65. The predicted molar refractivity (Wildman–Crippen MR) is 101 cm³/mol. The Morgan fingerprint density at radius 2 is 1.82 bits per heavy atom. The maximum atomic E-state index is 12.8. The van der Waals surface area contributed by atoms with Crippen molar-refractivity contribution in [3.63, 3.8) is 0 Å². The lowest BCUT2D eigenvalue weighted by Gasteiger charge is -2.05. The highest BCUT2D eigenvalue weighted by atomic mass is 35.5. The molecule has 0 aliphatic carbocycles. The molecule has 2 aromatic heterocycles. The van der Waals surface area contributed by atoms with E-state index >= 15 is 0 Å². The van der Waals surface area contributed by atoms with Crippen LogP contribution < -0.4 is 5.32 Å². The summed E-state index contributed by atoms with van der Waals surface area (Å²) in [5, 5.41) is 3.50. The molecule has 0 spiro atoms. The lowest BCUT2D eigenvalue weighted by molar-refractivity contribution is -0.137. The van der Waals surface area contributed by atoms with Crippen LogP contribution in [0.2, 0.25) is 5.02 Å². The number of nitrogens with zero attached hydrogens (tertiary/aromatic N) is 2. The Labute approximate surface area is 165 Å². The van der Waals surface area contributed by atoms with E-state index in [4.69, 9.17) is 11.6 Å². The van der Waals surface area contributed by atoms with Crippen LogP contribution in [0.5, 0.6) is 0 Å². The van der Waals surface area contributed by atoms with Crippen molar-refractivity contribution in [2.45, 2.75) is 31.9 Å². The molecule has 0 unspecified atom stereocenters. The average molecular weight is 410 g/mol. The third-order valence-electron chi connectivity index (χ3n) is 4.31. The minimum Gasteiger partial charge on any atom is -0.356 e. The minimum absolute atomic E-state index is 0.0583. The first-order chi connectivity index (χ1) is 13.3. The van der Waals surface area contributed by atoms with Gasteiger partial charge in [-0.05, 0) is 42.7 Å². The van der Waals surface area contributed by atoms with Crippen LogP contribution in [0, 0.1) is 0 Å². The minimum atomic E-state index is -4.39. The van der Waals surface area contributed by atoms with Crippen molar-refractivity contribution in [2.75, 3.05) is 6.54 Å². The summed E-state index contributed by atoms with van der Waals surface area (Å²) in [6.45, 7) is 0.385. The number of hydrogen-bond donors (Lipinski definition) is 1. The van der Waals surface area contributed by atoms with Crippen molar-refractivity contribution >= 4 is 23.2 Å². The molecule has 0 fully saturated rings. The van der Waals surface area contributed by atoms with E-state index in [0.29, 0.717) is 35.8 Å². The van der Waals surface area contributed by atoms with Gasteiger partial charge in [-0.3, -0.25) is 4.79 Å². The zero-order valence-electron chi connectivity index (χ0n) is 15.0. The van der Waals surface area contributed by atoms with Gasteiger partial charge in [-0.25, -0.2) is 4.98 Å². The van der Waals surface area contributed by atoms with Gasteiger partial charge in [0.1, 0.15) is 5.65 Å². The van der Waals surface area contributed by atoms with Gasteiger partial charge in [0.05, 0.1) is 11.3 Å². The highest BCUT2D eigenvalue weighted by Gasteiger charge is 2.30. The molecule has 1 N–H and O–H groups in total. The Morgan fingerprint density at radius 1 is 1.07 bits per heavy atom. The fourth-order valence-corrected chi connectivity index (χ4v) is 2.98. The number of hydrogen-bond acceptors (Lipinski definition) is 2. The molecule has 1 amide bonds. The van der Waals surface area contributed by atoms with E-state index in [2.05, 4.69) is 10.3 Å². The largest absolute Gasteiger partial charge is 0.417 e. The van der Waals surface area contributed by atoms with Crippen LogP contribution in [0.1, 0.15) is 29.7 Å². The van der Waals surface area contributed by atoms with Gasteiger partial charge >= 0.3 is 6.18 Å². The highest BCUT2D eigenvalue weighted by Crippen LogP contribution is 2.29. The lowest BCUT2D eigenvalue weighted by atomic mass is 10.1. The number of benzene rings is 1. The van der Waals surface area contributed by atoms with Gasteiger partial charge in [-0.1, -0.05) is 23.7 Å². The summed E-state index contributed by atoms with van der Waals surface area (Å²) in [7, 11) is 0. The molecule has 3 aromatic rings. The van der Waals surface area contributed by atoms with Crippen molar-refractivity contribution in [2.24, 2.45) is 0 Å². The van der Waals surface area contributed by atoms with Crippen molar-refractivity contribution < 1.29 is 18.0 Å². The molecular weight excluding hydrogens is 391 g/mol. The summed E-state index contributed by atoms with van der Waals surface area (Å²) in [6, 6.07) is 9.87. The van der Waals surface area contributed by atoms with E-state index in [1.54, 1.807) is 6.20 Å². The number of carbonyl (C=O) groups is 1. The van der Waals surface area contributed by atoms with Gasteiger partial charge in [0.2, 0.25) is 5.91 Å². The molecule has 3 rings (SSSR count). The van der Waals surface area contributed by atoms with E-state index < -0.39 is 11.7 Å². The van der Waals surface area contributed by atoms with Crippen molar-refractivity contribution in [1.29, 1.82) is 0 Å². The third kappa shape index (κ3) is 5.48. The Hall–Kier alpha value is -2.54. The highest BCUT2D eigenvalue weighted by molar-refractivity contribution is 6.30. The van der Waals surface area contributed by atoms with Crippen LogP contribution in [0.4, 0.5) is 13.2 Å². The van der Waals surface area contributed by atoms with Crippen LogP contribution in [-0.4, -0.2) is 21.8 Å². The summed E-state index contributed by atoms with van der Waals surface area (Å²) in [4.78, 5) is 16.2.